The van der Waals surface area contributed by atoms with Gasteiger partial charge in [0.2, 0.25) is 0 Å². The normalized spacial score (nSPS) is 13.6. The summed E-state index contributed by atoms with van der Waals surface area (Å²) in [6.45, 7) is 0.135. The number of aliphatic imine (C=N–C) groups is 1. The number of furan rings is 1. The number of hydrogen-bond donors (Lipinski definition) is 2. The fraction of sp³-hybridized carbons (Fsp3) is 0.0435. The second-order valence-corrected chi connectivity index (χ2v) is 7.00. The Balaban J connectivity index is 1.64. The van der Waals surface area contributed by atoms with Crippen LogP contribution >= 0.6 is 11.6 Å². The average molecular weight is 431 g/mol. The highest BCUT2D eigenvalue weighted by Crippen LogP contribution is 2.30. The maximum atomic E-state index is 12.6. The molecule has 2 heterocycles. The van der Waals surface area contributed by atoms with Crippen LogP contribution in [0.3, 0.4) is 0 Å². The molecule has 8 heteroatoms. The van der Waals surface area contributed by atoms with Crippen molar-refractivity contribution in [2.75, 3.05) is 0 Å². The van der Waals surface area contributed by atoms with Crippen LogP contribution in [0.4, 0.5) is 0 Å². The lowest BCUT2D eigenvalue weighted by molar-refractivity contribution is -0.117. The van der Waals surface area contributed by atoms with Crippen molar-refractivity contribution in [1.29, 1.82) is 5.26 Å². The predicted octanol–water partition coefficient (Wildman–Crippen LogP) is 3.67. The Labute approximate surface area is 182 Å². The smallest absolute Gasteiger partial charge is 0.264 e. The molecule has 31 heavy (non-hydrogen) atoms. The van der Waals surface area contributed by atoms with Crippen molar-refractivity contribution >= 4 is 34.9 Å². The van der Waals surface area contributed by atoms with Gasteiger partial charge in [-0.3, -0.25) is 9.59 Å². The molecule has 7 nitrogen and oxygen atoms in total. The van der Waals surface area contributed by atoms with Crippen LogP contribution in [0.15, 0.2) is 81.9 Å². The number of nitrogens with one attached hydrogen (secondary N) is 2. The van der Waals surface area contributed by atoms with E-state index in [1.165, 1.54) is 6.26 Å². The minimum Gasteiger partial charge on any atom is -0.467 e. The molecule has 0 saturated heterocycles. The molecule has 0 spiro atoms. The molecule has 152 valence electrons. The van der Waals surface area contributed by atoms with Crippen molar-refractivity contribution in [2.24, 2.45) is 4.99 Å². The molecule has 0 radical (unpaired) electrons. The number of carbonyl (C=O) groups is 2. The van der Waals surface area contributed by atoms with Crippen molar-refractivity contribution in [3.63, 3.8) is 0 Å². The number of hydrogen-bond acceptors (Lipinski definition) is 5. The number of nitrogens with zero attached hydrogens (tertiary/aromatic N) is 2. The molecule has 3 aromatic rings. The highest BCUT2D eigenvalue weighted by Gasteiger charge is 2.27. The van der Waals surface area contributed by atoms with Crippen LogP contribution in [0.5, 0.6) is 0 Å². The fourth-order valence-corrected chi connectivity index (χ4v) is 3.20. The van der Waals surface area contributed by atoms with E-state index in [2.05, 4.69) is 15.6 Å². The van der Waals surface area contributed by atoms with Gasteiger partial charge in [-0.25, -0.2) is 4.99 Å². The van der Waals surface area contributed by atoms with E-state index in [1.54, 1.807) is 60.7 Å². The SMILES string of the molecule is N#CC(C(=O)NCc1ccco1)=C1N=C(NC(=O)c2ccc(Cl)cc2)c2ccccc21. The first kappa shape index (κ1) is 20.1. The first-order valence-electron chi connectivity index (χ1n) is 9.27. The second-order valence-electron chi connectivity index (χ2n) is 6.56. The van der Waals surface area contributed by atoms with Gasteiger partial charge in [0, 0.05) is 21.7 Å². The lowest BCUT2D eigenvalue weighted by Crippen LogP contribution is -2.30. The van der Waals surface area contributed by atoms with E-state index in [0.29, 0.717) is 27.5 Å². The van der Waals surface area contributed by atoms with Crippen molar-refractivity contribution in [3.8, 4) is 6.07 Å². The van der Waals surface area contributed by atoms with Crippen LogP contribution in [0.2, 0.25) is 5.02 Å². The minimum atomic E-state index is -0.585. The van der Waals surface area contributed by atoms with E-state index in [9.17, 15) is 14.9 Å². The fourth-order valence-electron chi connectivity index (χ4n) is 3.08. The van der Waals surface area contributed by atoms with Gasteiger partial charge in [-0.15, -0.1) is 0 Å². The third-order valence-corrected chi connectivity index (χ3v) is 4.83. The molecule has 2 amide bonds. The van der Waals surface area contributed by atoms with Gasteiger partial charge < -0.3 is 15.1 Å². The number of halogens is 1. The summed E-state index contributed by atoms with van der Waals surface area (Å²) in [5.41, 5.74) is 1.64. The van der Waals surface area contributed by atoms with Gasteiger partial charge in [0.1, 0.15) is 23.2 Å². The topological polar surface area (TPSA) is 107 Å². The van der Waals surface area contributed by atoms with Crippen molar-refractivity contribution in [2.45, 2.75) is 6.54 Å². The molecule has 1 aromatic heterocycles. The maximum absolute atomic E-state index is 12.6. The lowest BCUT2D eigenvalue weighted by Gasteiger charge is -2.06. The number of carbonyl (C=O) groups excluding carboxylic acids is 2. The zero-order chi connectivity index (χ0) is 21.8. The average Bonchev–Trinajstić information content (AvgIpc) is 3.42. The van der Waals surface area contributed by atoms with Gasteiger partial charge in [-0.05, 0) is 36.4 Å². The zero-order valence-corrected chi connectivity index (χ0v) is 16.8. The van der Waals surface area contributed by atoms with Gasteiger partial charge in [-0.2, -0.15) is 5.26 Å². The maximum Gasteiger partial charge on any atom is 0.264 e. The molecule has 0 aliphatic carbocycles. The summed E-state index contributed by atoms with van der Waals surface area (Å²) in [5, 5.41) is 15.6. The van der Waals surface area contributed by atoms with E-state index in [0.717, 1.165) is 0 Å². The molecule has 4 rings (SSSR count). The Hall–Kier alpha value is -4.15. The molecule has 0 fully saturated rings. The standard InChI is InChI=1S/C23H15ClN4O3/c24-15-9-7-14(8-10-15)22(29)28-21-18-6-2-1-5-17(18)20(27-21)19(12-25)23(30)26-13-16-4-3-11-31-16/h1-11H,13H2,(H,26,30)(H,27,28,29). The molecule has 1 aliphatic heterocycles. The number of rotatable bonds is 4. The third kappa shape index (κ3) is 4.25. The summed E-state index contributed by atoms with van der Waals surface area (Å²) in [6, 6.07) is 18.8. The Morgan fingerprint density at radius 3 is 2.45 bits per heavy atom. The highest BCUT2D eigenvalue weighted by atomic mass is 35.5. The molecule has 2 N–H and O–H groups in total. The van der Waals surface area contributed by atoms with Gasteiger partial charge >= 0.3 is 0 Å². The van der Waals surface area contributed by atoms with Gasteiger partial charge in [-0.1, -0.05) is 35.9 Å². The van der Waals surface area contributed by atoms with Crippen LogP contribution in [0.25, 0.3) is 5.70 Å². The van der Waals surface area contributed by atoms with E-state index in [-0.39, 0.29) is 29.6 Å². The lowest BCUT2D eigenvalue weighted by atomic mass is 10.0. The summed E-state index contributed by atoms with van der Waals surface area (Å²) in [4.78, 5) is 29.7. The summed E-state index contributed by atoms with van der Waals surface area (Å²) in [7, 11) is 0. The summed E-state index contributed by atoms with van der Waals surface area (Å²) < 4.78 is 5.19. The van der Waals surface area contributed by atoms with Gasteiger partial charge in [0.05, 0.1) is 18.5 Å². The Morgan fingerprint density at radius 2 is 1.77 bits per heavy atom. The molecular weight excluding hydrogens is 416 g/mol. The van der Waals surface area contributed by atoms with Crippen LogP contribution in [-0.4, -0.2) is 17.6 Å². The number of amides is 2. The Morgan fingerprint density at radius 1 is 1.03 bits per heavy atom. The predicted molar refractivity (Wildman–Crippen MR) is 115 cm³/mol. The van der Waals surface area contributed by atoms with E-state index in [4.69, 9.17) is 16.0 Å². The van der Waals surface area contributed by atoms with Crippen LogP contribution in [-0.2, 0) is 11.3 Å². The van der Waals surface area contributed by atoms with Crippen LogP contribution < -0.4 is 10.6 Å². The number of amidine groups is 1. The van der Waals surface area contributed by atoms with Gasteiger partial charge in [0.25, 0.3) is 11.8 Å². The number of benzene rings is 2. The summed E-state index contributed by atoms with van der Waals surface area (Å²) in [5.74, 6) is -0.149. The monoisotopic (exact) mass is 430 g/mol. The Bertz CT molecular complexity index is 1250. The molecular formula is C23H15ClN4O3. The molecule has 0 saturated carbocycles. The minimum absolute atomic E-state index is 0.135. The summed E-state index contributed by atoms with van der Waals surface area (Å²) in [6.07, 6.45) is 1.50. The number of nitriles is 1. The summed E-state index contributed by atoms with van der Waals surface area (Å²) >= 11 is 5.88. The van der Waals surface area contributed by atoms with Crippen LogP contribution in [0.1, 0.15) is 27.2 Å². The highest BCUT2D eigenvalue weighted by molar-refractivity contribution is 6.30. The van der Waals surface area contributed by atoms with Crippen molar-refractivity contribution < 1.29 is 14.0 Å². The number of fused-ring (bicyclic) bond motifs is 1. The molecule has 1 aliphatic rings. The third-order valence-electron chi connectivity index (χ3n) is 4.58. The van der Waals surface area contributed by atoms with E-state index in [1.807, 2.05) is 6.07 Å². The Kier molecular flexibility index (Phi) is 5.65. The van der Waals surface area contributed by atoms with Crippen LogP contribution in [0, 0.1) is 11.3 Å². The van der Waals surface area contributed by atoms with Crippen molar-refractivity contribution in [3.05, 3.63) is 100.0 Å². The zero-order valence-electron chi connectivity index (χ0n) is 16.1. The molecule has 0 atom stereocenters. The first-order valence-corrected chi connectivity index (χ1v) is 9.65. The molecule has 0 bridgehead atoms. The molecule has 0 unspecified atom stereocenters. The van der Waals surface area contributed by atoms with E-state index < -0.39 is 5.91 Å². The van der Waals surface area contributed by atoms with E-state index >= 15 is 0 Å². The largest absolute Gasteiger partial charge is 0.467 e. The van der Waals surface area contributed by atoms with Gasteiger partial charge in [0.15, 0.2) is 0 Å². The first-order chi connectivity index (χ1) is 15.1. The van der Waals surface area contributed by atoms with Crippen molar-refractivity contribution in [1.82, 2.24) is 10.6 Å². The molecule has 2 aromatic carbocycles. The second kappa shape index (κ2) is 8.69. The quantitative estimate of drug-likeness (QED) is 0.486.